The lowest BCUT2D eigenvalue weighted by Crippen LogP contribution is -2.37. The summed E-state index contributed by atoms with van der Waals surface area (Å²) in [5, 5.41) is 0. The first-order chi connectivity index (χ1) is 9.58. The Kier molecular flexibility index (Phi) is 4.99. The molecule has 0 atom stereocenters. The van der Waals surface area contributed by atoms with Gasteiger partial charge in [0, 0.05) is 6.08 Å². The molecule has 108 valence electrons. The lowest BCUT2D eigenvalue weighted by atomic mass is 9.79. The van der Waals surface area contributed by atoms with Gasteiger partial charge >= 0.3 is 5.97 Å². The molecular weight excluding hydrogens is 248 g/mol. The zero-order valence-electron chi connectivity index (χ0n) is 12.5. The van der Waals surface area contributed by atoms with Crippen LogP contribution in [0.5, 0.6) is 0 Å². The molecule has 0 amide bonds. The molecule has 0 aromatic heterocycles. The van der Waals surface area contributed by atoms with Gasteiger partial charge < -0.3 is 4.74 Å². The maximum atomic E-state index is 12.0. The summed E-state index contributed by atoms with van der Waals surface area (Å²) in [5.74, 6) is 0.245. The monoisotopic (exact) mass is 272 g/mol. The van der Waals surface area contributed by atoms with Gasteiger partial charge in [-0.3, -0.25) is 0 Å². The van der Waals surface area contributed by atoms with E-state index in [2.05, 4.69) is 0 Å². The molecule has 0 unspecified atom stereocenters. The van der Waals surface area contributed by atoms with Crippen molar-refractivity contribution in [3.63, 3.8) is 0 Å². The molecule has 0 aliphatic heterocycles. The average molecular weight is 272 g/mol. The van der Waals surface area contributed by atoms with Crippen molar-refractivity contribution in [3.8, 4) is 0 Å². The van der Waals surface area contributed by atoms with E-state index in [0.29, 0.717) is 5.92 Å². The van der Waals surface area contributed by atoms with Crippen molar-refractivity contribution in [2.45, 2.75) is 51.6 Å². The number of rotatable bonds is 4. The molecular formula is C18H24O2. The minimum absolute atomic E-state index is 0.246. The predicted octanol–water partition coefficient (Wildman–Crippen LogP) is 4.60. The molecule has 20 heavy (non-hydrogen) atoms. The van der Waals surface area contributed by atoms with Crippen molar-refractivity contribution in [3.05, 3.63) is 42.0 Å². The van der Waals surface area contributed by atoms with Crippen molar-refractivity contribution >= 4 is 12.0 Å². The summed E-state index contributed by atoms with van der Waals surface area (Å²) in [7, 11) is 0. The Balaban J connectivity index is 1.91. The SMILES string of the molecule is CC(C)(OC(=O)C=Cc1ccccc1)C1CCCCC1. The molecule has 0 heterocycles. The van der Waals surface area contributed by atoms with E-state index in [-0.39, 0.29) is 11.6 Å². The summed E-state index contributed by atoms with van der Waals surface area (Å²) in [6.45, 7) is 4.08. The van der Waals surface area contributed by atoms with Crippen molar-refractivity contribution < 1.29 is 9.53 Å². The Hall–Kier alpha value is -1.57. The molecule has 1 aromatic rings. The molecule has 1 aromatic carbocycles. The van der Waals surface area contributed by atoms with Gasteiger partial charge in [-0.05, 0) is 44.2 Å². The normalized spacial score (nSPS) is 17.3. The number of carbonyl (C=O) groups is 1. The van der Waals surface area contributed by atoms with Crippen LogP contribution in [-0.4, -0.2) is 11.6 Å². The lowest BCUT2D eigenvalue weighted by molar-refractivity contribution is -0.156. The van der Waals surface area contributed by atoms with Gasteiger partial charge in [-0.2, -0.15) is 0 Å². The molecule has 1 aliphatic carbocycles. The second-order valence-electron chi connectivity index (χ2n) is 6.10. The fraction of sp³-hybridized carbons (Fsp3) is 0.500. The van der Waals surface area contributed by atoms with E-state index in [1.54, 1.807) is 6.08 Å². The van der Waals surface area contributed by atoms with Gasteiger partial charge in [-0.25, -0.2) is 4.79 Å². The van der Waals surface area contributed by atoms with Gasteiger partial charge in [0.1, 0.15) is 5.60 Å². The molecule has 1 fully saturated rings. The molecule has 1 saturated carbocycles. The molecule has 0 saturated heterocycles. The zero-order valence-corrected chi connectivity index (χ0v) is 12.5. The number of hydrogen-bond acceptors (Lipinski definition) is 2. The minimum Gasteiger partial charge on any atom is -0.456 e. The third-order valence-electron chi connectivity index (χ3n) is 4.16. The first-order valence-corrected chi connectivity index (χ1v) is 7.54. The Morgan fingerprint density at radius 2 is 1.80 bits per heavy atom. The molecule has 1 aliphatic rings. The van der Waals surface area contributed by atoms with Crippen LogP contribution in [0.1, 0.15) is 51.5 Å². The second-order valence-corrected chi connectivity index (χ2v) is 6.10. The van der Waals surface area contributed by atoms with Crippen LogP contribution in [-0.2, 0) is 9.53 Å². The Labute approximate surface area is 121 Å². The first-order valence-electron chi connectivity index (χ1n) is 7.54. The Bertz CT molecular complexity index is 454. The number of esters is 1. The molecule has 2 nitrogen and oxygen atoms in total. The lowest BCUT2D eigenvalue weighted by Gasteiger charge is -2.36. The van der Waals surface area contributed by atoms with E-state index in [1.165, 1.54) is 38.2 Å². The van der Waals surface area contributed by atoms with Gasteiger partial charge in [0.05, 0.1) is 0 Å². The van der Waals surface area contributed by atoms with E-state index >= 15 is 0 Å². The van der Waals surface area contributed by atoms with Crippen LogP contribution in [0.4, 0.5) is 0 Å². The third kappa shape index (κ3) is 4.22. The van der Waals surface area contributed by atoms with Crippen LogP contribution in [0.15, 0.2) is 36.4 Å². The van der Waals surface area contributed by atoms with Crippen LogP contribution in [0, 0.1) is 5.92 Å². The van der Waals surface area contributed by atoms with Gasteiger partial charge in [-0.15, -0.1) is 0 Å². The van der Waals surface area contributed by atoms with Crippen LogP contribution in [0.3, 0.4) is 0 Å². The van der Waals surface area contributed by atoms with Crippen LogP contribution < -0.4 is 0 Å². The number of hydrogen-bond donors (Lipinski definition) is 0. The minimum atomic E-state index is -0.363. The predicted molar refractivity (Wildman–Crippen MR) is 82.2 cm³/mol. The maximum absolute atomic E-state index is 12.0. The number of benzene rings is 1. The molecule has 0 radical (unpaired) electrons. The van der Waals surface area contributed by atoms with E-state index < -0.39 is 0 Å². The fourth-order valence-electron chi connectivity index (χ4n) is 2.90. The highest BCUT2D eigenvalue weighted by molar-refractivity contribution is 5.87. The van der Waals surface area contributed by atoms with E-state index in [0.717, 1.165) is 5.56 Å². The summed E-state index contributed by atoms with van der Waals surface area (Å²) in [4.78, 5) is 12.0. The molecule has 2 heteroatoms. The molecule has 0 N–H and O–H groups in total. The maximum Gasteiger partial charge on any atom is 0.331 e. The average Bonchev–Trinajstić information content (AvgIpc) is 2.47. The van der Waals surface area contributed by atoms with Crippen molar-refractivity contribution in [1.29, 1.82) is 0 Å². The van der Waals surface area contributed by atoms with Crippen molar-refractivity contribution in [1.82, 2.24) is 0 Å². The topological polar surface area (TPSA) is 26.3 Å². The quantitative estimate of drug-likeness (QED) is 0.591. The largest absolute Gasteiger partial charge is 0.456 e. The van der Waals surface area contributed by atoms with Gasteiger partial charge in [-0.1, -0.05) is 49.6 Å². The summed E-state index contributed by atoms with van der Waals surface area (Å²) >= 11 is 0. The van der Waals surface area contributed by atoms with Crippen LogP contribution in [0.2, 0.25) is 0 Å². The molecule has 0 bridgehead atoms. The van der Waals surface area contributed by atoms with E-state index in [4.69, 9.17) is 4.74 Å². The van der Waals surface area contributed by atoms with Crippen LogP contribution >= 0.6 is 0 Å². The third-order valence-corrected chi connectivity index (χ3v) is 4.16. The number of ether oxygens (including phenoxy) is 1. The smallest absolute Gasteiger partial charge is 0.331 e. The first kappa shape index (κ1) is 14.8. The summed E-state index contributed by atoms with van der Waals surface area (Å²) in [5.41, 5.74) is 0.651. The highest BCUT2D eigenvalue weighted by Gasteiger charge is 2.33. The Morgan fingerprint density at radius 3 is 2.45 bits per heavy atom. The van der Waals surface area contributed by atoms with Crippen molar-refractivity contribution in [2.75, 3.05) is 0 Å². The summed E-state index contributed by atoms with van der Waals surface area (Å²) < 4.78 is 5.67. The number of carbonyl (C=O) groups excluding carboxylic acids is 1. The highest BCUT2D eigenvalue weighted by Crippen LogP contribution is 2.34. The van der Waals surface area contributed by atoms with Crippen molar-refractivity contribution in [2.24, 2.45) is 5.92 Å². The standard InChI is InChI=1S/C18H24O2/c1-18(2,16-11-7-4-8-12-16)20-17(19)14-13-15-9-5-3-6-10-15/h3,5-6,9-10,13-14,16H,4,7-8,11-12H2,1-2H3. The van der Waals surface area contributed by atoms with Crippen LogP contribution in [0.25, 0.3) is 6.08 Å². The van der Waals surface area contributed by atoms with Gasteiger partial charge in [0.25, 0.3) is 0 Å². The summed E-state index contributed by atoms with van der Waals surface area (Å²) in [6, 6.07) is 9.81. The second kappa shape index (κ2) is 6.74. The highest BCUT2D eigenvalue weighted by atomic mass is 16.6. The van der Waals surface area contributed by atoms with E-state index in [1.807, 2.05) is 44.2 Å². The molecule has 0 spiro atoms. The van der Waals surface area contributed by atoms with E-state index in [9.17, 15) is 4.79 Å². The fourth-order valence-corrected chi connectivity index (χ4v) is 2.90. The Morgan fingerprint density at radius 1 is 1.15 bits per heavy atom. The summed E-state index contributed by atoms with van der Waals surface area (Å²) in [6.07, 6.45) is 9.50. The van der Waals surface area contributed by atoms with Gasteiger partial charge in [0.15, 0.2) is 0 Å². The molecule has 2 rings (SSSR count). The van der Waals surface area contributed by atoms with Gasteiger partial charge in [0.2, 0.25) is 0 Å². The zero-order chi connectivity index (χ0) is 14.4.